The molecule has 8 nitrogen and oxygen atoms in total. The molecule has 0 atom stereocenters. The van der Waals surface area contributed by atoms with Gasteiger partial charge in [-0.25, -0.2) is 9.59 Å². The van der Waals surface area contributed by atoms with Crippen molar-refractivity contribution in [1.82, 2.24) is 4.90 Å². The smallest absolute Gasteiger partial charge is 0.337 e. The first-order valence-corrected chi connectivity index (χ1v) is 4.05. The number of carboxylic acid groups (broad SMARTS) is 2. The van der Waals surface area contributed by atoms with E-state index in [4.69, 9.17) is 10.2 Å². The maximum Gasteiger partial charge on any atom is 0.337 e. The molecule has 0 bridgehead atoms. The van der Waals surface area contributed by atoms with E-state index >= 15 is 0 Å². The third-order valence-electron chi connectivity index (χ3n) is 1.89. The Morgan fingerprint density at radius 2 is 1.39 bits per heavy atom. The van der Waals surface area contributed by atoms with E-state index in [0.29, 0.717) is 4.90 Å². The topological polar surface area (TPSA) is 126 Å². The molecule has 0 heterocycles. The van der Waals surface area contributed by atoms with Crippen LogP contribution in [0.3, 0.4) is 0 Å². The van der Waals surface area contributed by atoms with Gasteiger partial charge in [-0.3, -0.25) is 4.79 Å². The number of amides is 2. The van der Waals surface area contributed by atoms with Gasteiger partial charge in [-0.15, -0.1) is 7.05 Å². The van der Waals surface area contributed by atoms with E-state index in [1.807, 2.05) is 0 Å². The standard InChI is InChI=1S/C8H12N2O6.CH3.Y/c1-9-4(11)8(6(13)14,7(15)16)5(12)10(2)3;;/h1-3H3,(H3,9,11,13,14,15,16);1H3;/q;-1;/p-1. The van der Waals surface area contributed by atoms with E-state index in [9.17, 15) is 19.2 Å². The molecule has 0 aliphatic rings. The molecule has 0 spiro atoms. The number of carboxylic acids is 2. The average Bonchev–Trinajstić information content (AvgIpc) is 2.16. The van der Waals surface area contributed by atoms with Crippen molar-refractivity contribution in [3.63, 3.8) is 0 Å². The largest absolute Gasteiger partial charge is 0.654 e. The maximum atomic E-state index is 11.5. The molecule has 0 aliphatic carbocycles. The van der Waals surface area contributed by atoms with Crippen LogP contribution < -0.4 is 0 Å². The van der Waals surface area contributed by atoms with Crippen LogP contribution >= 0.6 is 0 Å². The molecule has 101 valence electrons. The van der Waals surface area contributed by atoms with Gasteiger partial charge >= 0.3 is 11.9 Å². The van der Waals surface area contributed by atoms with E-state index in [-0.39, 0.29) is 40.1 Å². The van der Waals surface area contributed by atoms with Crippen LogP contribution in [0.4, 0.5) is 0 Å². The summed E-state index contributed by atoms with van der Waals surface area (Å²) in [6.45, 7) is 0. The van der Waals surface area contributed by atoms with Gasteiger partial charge in [0.1, 0.15) is 0 Å². The zero-order chi connectivity index (χ0) is 13.1. The first-order valence-electron chi connectivity index (χ1n) is 4.05. The summed E-state index contributed by atoms with van der Waals surface area (Å²) in [7, 11) is 3.21. The molecule has 0 unspecified atom stereocenters. The second-order valence-corrected chi connectivity index (χ2v) is 3.09. The number of rotatable bonds is 4. The molecule has 0 aliphatic heterocycles. The van der Waals surface area contributed by atoms with Gasteiger partial charge in [0.25, 0.3) is 11.3 Å². The molecule has 2 amide bonds. The van der Waals surface area contributed by atoms with Crippen LogP contribution in [0.25, 0.3) is 5.32 Å². The summed E-state index contributed by atoms with van der Waals surface area (Å²) >= 11 is 0. The summed E-state index contributed by atoms with van der Waals surface area (Å²) in [5, 5.41) is 20.6. The Kier molecular flexibility index (Phi) is 10.0. The van der Waals surface area contributed by atoms with Gasteiger partial charge in [0.15, 0.2) is 0 Å². The Balaban J connectivity index is -0.00000112. The second-order valence-electron chi connectivity index (χ2n) is 3.09. The summed E-state index contributed by atoms with van der Waals surface area (Å²) in [5.74, 6) is -7.00. The summed E-state index contributed by atoms with van der Waals surface area (Å²) in [6, 6.07) is 0. The SMILES string of the molecule is C[N-]C(=O)C(C(=O)O)(C(=O)O)C(=O)N(C)C.[CH3-].[Y]. The first kappa shape index (κ1) is 22.2. The van der Waals surface area contributed by atoms with Gasteiger partial charge in [-0.2, -0.15) is 0 Å². The van der Waals surface area contributed by atoms with E-state index in [0.717, 1.165) is 21.1 Å². The Morgan fingerprint density at radius 3 is 1.56 bits per heavy atom. The molecule has 0 fully saturated rings. The van der Waals surface area contributed by atoms with Crippen molar-refractivity contribution in [2.75, 3.05) is 21.1 Å². The molecule has 0 aromatic carbocycles. The fourth-order valence-corrected chi connectivity index (χ4v) is 1.05. The average molecular weight is 335 g/mol. The van der Waals surface area contributed by atoms with Crippen molar-refractivity contribution >= 4 is 23.8 Å². The second kappa shape index (κ2) is 8.15. The molecule has 0 aromatic rings. The van der Waals surface area contributed by atoms with Crippen LogP contribution in [-0.4, -0.2) is 60.0 Å². The molecule has 0 aromatic heterocycles. The molecule has 18 heavy (non-hydrogen) atoms. The monoisotopic (exact) mass is 335 g/mol. The van der Waals surface area contributed by atoms with Gasteiger partial charge in [0.05, 0.1) is 5.91 Å². The number of aliphatic carboxylic acids is 2. The molecule has 9 heteroatoms. The number of hydrogen-bond acceptors (Lipinski definition) is 4. The minimum Gasteiger partial charge on any atom is -0.654 e. The minimum atomic E-state index is -3.20. The van der Waals surface area contributed by atoms with E-state index in [2.05, 4.69) is 5.32 Å². The van der Waals surface area contributed by atoms with Crippen LogP contribution in [0, 0.1) is 12.8 Å². The zero-order valence-corrected chi connectivity index (χ0v) is 13.3. The predicted octanol–water partition coefficient (Wildman–Crippen LogP) is -0.792. The molecule has 1 radical (unpaired) electrons. The summed E-state index contributed by atoms with van der Waals surface area (Å²) in [5.41, 5.74) is -3.20. The normalized spacial score (nSPS) is 9.28. The zero-order valence-electron chi connectivity index (χ0n) is 10.5. The van der Waals surface area contributed by atoms with Gasteiger partial charge in [-0.1, -0.05) is 0 Å². The van der Waals surface area contributed by atoms with Crippen LogP contribution in [0.15, 0.2) is 0 Å². The van der Waals surface area contributed by atoms with Crippen molar-refractivity contribution in [2.45, 2.75) is 0 Å². The van der Waals surface area contributed by atoms with Crippen molar-refractivity contribution < 1.29 is 62.1 Å². The van der Waals surface area contributed by atoms with Crippen LogP contribution in [0.2, 0.25) is 0 Å². The fourth-order valence-electron chi connectivity index (χ4n) is 1.05. The van der Waals surface area contributed by atoms with Crippen LogP contribution in [-0.2, 0) is 51.9 Å². The Bertz CT molecular complexity index is 341. The number of nitrogens with zero attached hydrogens (tertiary/aromatic N) is 2. The molecule has 2 N–H and O–H groups in total. The predicted molar refractivity (Wildman–Crippen MR) is 57.1 cm³/mol. The number of carbonyl (C=O) groups excluding carboxylic acids is 2. The third-order valence-corrected chi connectivity index (χ3v) is 1.89. The Hall–Kier alpha value is -1.02. The van der Waals surface area contributed by atoms with Crippen molar-refractivity contribution in [1.29, 1.82) is 0 Å². The van der Waals surface area contributed by atoms with Gasteiger partial charge in [-0.05, 0) is 0 Å². The van der Waals surface area contributed by atoms with Gasteiger partial charge in [0.2, 0.25) is 0 Å². The number of hydrogen-bond donors (Lipinski definition) is 2. The fraction of sp³-hybridized carbons (Fsp3) is 0.444. The molecule has 0 saturated carbocycles. The molecular formula is C9H14N2O6Y-2. The maximum absolute atomic E-state index is 11.5. The van der Waals surface area contributed by atoms with Gasteiger partial charge < -0.3 is 32.7 Å². The van der Waals surface area contributed by atoms with Crippen molar-refractivity contribution in [2.24, 2.45) is 5.41 Å². The van der Waals surface area contributed by atoms with E-state index in [1.54, 1.807) is 0 Å². The molecular weight excluding hydrogens is 321 g/mol. The van der Waals surface area contributed by atoms with Crippen LogP contribution in [0.1, 0.15) is 0 Å². The third kappa shape index (κ3) is 3.49. The first-order chi connectivity index (χ1) is 7.22. The van der Waals surface area contributed by atoms with Gasteiger partial charge in [0, 0.05) is 46.8 Å². The summed E-state index contributed by atoms with van der Waals surface area (Å²) in [6.07, 6.45) is 0. The Morgan fingerprint density at radius 1 is 1.06 bits per heavy atom. The van der Waals surface area contributed by atoms with Crippen molar-refractivity contribution in [3.05, 3.63) is 12.7 Å². The summed E-state index contributed by atoms with van der Waals surface area (Å²) in [4.78, 5) is 45.3. The van der Waals surface area contributed by atoms with Crippen LogP contribution in [0.5, 0.6) is 0 Å². The Labute approximate surface area is 130 Å². The van der Waals surface area contributed by atoms with E-state index in [1.165, 1.54) is 0 Å². The number of carbonyl (C=O) groups is 4. The molecule has 0 rings (SSSR count). The quantitative estimate of drug-likeness (QED) is 0.512. The van der Waals surface area contributed by atoms with E-state index < -0.39 is 29.2 Å². The van der Waals surface area contributed by atoms with Crippen molar-refractivity contribution in [3.8, 4) is 0 Å². The minimum absolute atomic E-state index is 0. The summed E-state index contributed by atoms with van der Waals surface area (Å²) < 4.78 is 0. The molecule has 0 saturated heterocycles.